The van der Waals surface area contributed by atoms with Crippen LogP contribution in [0.2, 0.25) is 5.02 Å². The maximum Gasteiger partial charge on any atom is 0.237 e. The number of halogens is 1. The largest absolute Gasteiger partial charge is 0.496 e. The van der Waals surface area contributed by atoms with Gasteiger partial charge in [0, 0.05) is 43.8 Å². The number of carbonyl (C=O) groups is 3. The number of rotatable bonds is 9. The molecule has 0 radical (unpaired) electrons. The number of benzene rings is 2. The van der Waals surface area contributed by atoms with Gasteiger partial charge in [-0.15, -0.1) is 0 Å². The first-order chi connectivity index (χ1) is 19.7. The van der Waals surface area contributed by atoms with Gasteiger partial charge in [-0.3, -0.25) is 14.4 Å². The Morgan fingerprint density at radius 1 is 1.05 bits per heavy atom. The van der Waals surface area contributed by atoms with Crippen LogP contribution in [0.4, 0.5) is 0 Å². The first kappa shape index (κ1) is 28.7. The lowest BCUT2D eigenvalue weighted by Crippen LogP contribution is -2.56. The first-order valence-electron chi connectivity index (χ1n) is 13.0. The van der Waals surface area contributed by atoms with Gasteiger partial charge in [-0.05, 0) is 0 Å². The number of nitrogens with one attached hydrogen (secondary N) is 1. The summed E-state index contributed by atoms with van der Waals surface area (Å²) < 4.78 is 33.6. The van der Waals surface area contributed by atoms with Crippen molar-refractivity contribution in [1.29, 1.82) is 0 Å². The molecule has 0 bridgehead atoms. The maximum absolute atomic E-state index is 14.5. The summed E-state index contributed by atoms with van der Waals surface area (Å²) in [6.07, 6.45) is -0.635. The predicted octanol–water partition coefficient (Wildman–Crippen LogP) is 4.28. The molecule has 2 aromatic carbocycles. The van der Waals surface area contributed by atoms with Crippen LogP contribution in [0, 0.1) is 5.92 Å². The van der Waals surface area contributed by atoms with Gasteiger partial charge in [-0.2, -0.15) is 0 Å². The SMILES string of the molecule is COc1cc(OC)c2c(c1Cl)O[C@@]1(C(=O)c3c(oc(-c4ccccc4)c3CC(=O)NCC(OC)OC)C[C@H]1C)C2=O. The third kappa shape index (κ3) is 4.56. The zero-order valence-electron chi connectivity index (χ0n) is 23.3. The van der Waals surface area contributed by atoms with Crippen molar-refractivity contribution in [3.63, 3.8) is 0 Å². The van der Waals surface area contributed by atoms with Crippen molar-refractivity contribution in [2.45, 2.75) is 31.7 Å². The summed E-state index contributed by atoms with van der Waals surface area (Å²) in [5.41, 5.74) is -0.677. The summed E-state index contributed by atoms with van der Waals surface area (Å²) in [4.78, 5) is 41.8. The van der Waals surface area contributed by atoms with Crippen LogP contribution in [0.3, 0.4) is 0 Å². The molecule has 2 atom stereocenters. The smallest absolute Gasteiger partial charge is 0.237 e. The van der Waals surface area contributed by atoms with E-state index in [-0.39, 0.29) is 58.7 Å². The maximum atomic E-state index is 14.5. The zero-order chi connectivity index (χ0) is 29.5. The van der Waals surface area contributed by atoms with Crippen molar-refractivity contribution in [3.8, 4) is 28.6 Å². The third-order valence-corrected chi connectivity index (χ3v) is 7.97. The highest BCUT2D eigenvalue weighted by Gasteiger charge is 2.63. The second-order valence-corrected chi connectivity index (χ2v) is 10.2. The van der Waals surface area contributed by atoms with E-state index in [0.717, 1.165) is 0 Å². The lowest BCUT2D eigenvalue weighted by atomic mass is 9.70. The summed E-state index contributed by atoms with van der Waals surface area (Å²) in [6, 6.07) is 10.6. The number of methoxy groups -OCH3 is 4. The Hall–Kier alpha value is -3.86. The third-order valence-electron chi connectivity index (χ3n) is 7.61. The normalized spacial score (nSPS) is 19.2. The number of furan rings is 1. The van der Waals surface area contributed by atoms with Crippen LogP contribution in [0.25, 0.3) is 11.3 Å². The van der Waals surface area contributed by atoms with E-state index < -0.39 is 29.4 Å². The summed E-state index contributed by atoms with van der Waals surface area (Å²) in [6.45, 7) is 1.84. The van der Waals surface area contributed by atoms with Crippen molar-refractivity contribution in [2.24, 2.45) is 5.92 Å². The van der Waals surface area contributed by atoms with Crippen molar-refractivity contribution in [3.05, 3.63) is 63.9 Å². The lowest BCUT2D eigenvalue weighted by Gasteiger charge is -2.35. The number of carbonyl (C=O) groups excluding carboxylic acids is 3. The number of ketones is 2. The molecule has 10 nitrogen and oxygen atoms in total. The Balaban J connectivity index is 1.61. The molecule has 11 heteroatoms. The first-order valence-corrected chi connectivity index (χ1v) is 13.3. The van der Waals surface area contributed by atoms with E-state index in [0.29, 0.717) is 22.6 Å². The molecule has 1 aliphatic carbocycles. The Kier molecular flexibility index (Phi) is 7.83. The van der Waals surface area contributed by atoms with Gasteiger partial charge in [0.15, 0.2) is 12.0 Å². The minimum Gasteiger partial charge on any atom is -0.496 e. The van der Waals surface area contributed by atoms with Crippen molar-refractivity contribution >= 4 is 29.1 Å². The van der Waals surface area contributed by atoms with Crippen LogP contribution in [-0.2, 0) is 27.1 Å². The molecule has 0 saturated heterocycles. The highest BCUT2D eigenvalue weighted by Crippen LogP contribution is 2.54. The number of amides is 1. The van der Waals surface area contributed by atoms with Crippen LogP contribution in [0.15, 0.2) is 40.8 Å². The topological polar surface area (TPSA) is 123 Å². The molecule has 41 heavy (non-hydrogen) atoms. The molecule has 2 heterocycles. The number of hydrogen-bond donors (Lipinski definition) is 1. The molecule has 0 fully saturated rings. The molecule has 1 aromatic heterocycles. The molecule has 216 valence electrons. The van der Waals surface area contributed by atoms with Crippen LogP contribution in [0.1, 0.15) is 39.0 Å². The van der Waals surface area contributed by atoms with Gasteiger partial charge in [-0.1, -0.05) is 48.9 Å². The van der Waals surface area contributed by atoms with E-state index in [1.54, 1.807) is 6.92 Å². The second kappa shape index (κ2) is 11.2. The fourth-order valence-electron chi connectivity index (χ4n) is 5.51. The monoisotopic (exact) mass is 583 g/mol. The highest BCUT2D eigenvalue weighted by molar-refractivity contribution is 6.36. The quantitative estimate of drug-likeness (QED) is 0.290. The Morgan fingerprint density at radius 2 is 1.71 bits per heavy atom. The number of fused-ring (bicyclic) bond motifs is 2. The van der Waals surface area contributed by atoms with Crippen molar-refractivity contribution in [1.82, 2.24) is 5.32 Å². The van der Waals surface area contributed by atoms with Gasteiger partial charge in [0.1, 0.15) is 33.6 Å². The van der Waals surface area contributed by atoms with Crippen molar-refractivity contribution in [2.75, 3.05) is 35.0 Å². The summed E-state index contributed by atoms with van der Waals surface area (Å²) in [7, 11) is 5.76. The fourth-order valence-corrected chi connectivity index (χ4v) is 5.77. The van der Waals surface area contributed by atoms with Gasteiger partial charge in [-0.25, -0.2) is 0 Å². The van der Waals surface area contributed by atoms with Gasteiger partial charge >= 0.3 is 0 Å². The van der Waals surface area contributed by atoms with Crippen molar-refractivity contribution < 1.29 is 42.5 Å². The van der Waals surface area contributed by atoms with Gasteiger partial charge in [0.05, 0.1) is 32.7 Å². The zero-order valence-corrected chi connectivity index (χ0v) is 24.0. The number of hydrogen-bond acceptors (Lipinski definition) is 9. The highest BCUT2D eigenvalue weighted by atomic mass is 35.5. The average Bonchev–Trinajstić information content (AvgIpc) is 3.49. The Labute approximate surface area is 241 Å². The summed E-state index contributed by atoms with van der Waals surface area (Å²) in [5, 5.41) is 2.82. The van der Waals surface area contributed by atoms with Gasteiger partial charge in [0.2, 0.25) is 23.1 Å². The van der Waals surface area contributed by atoms with Crippen LogP contribution >= 0.6 is 11.6 Å². The Morgan fingerprint density at radius 3 is 2.34 bits per heavy atom. The van der Waals surface area contributed by atoms with Crippen LogP contribution in [0.5, 0.6) is 17.2 Å². The second-order valence-electron chi connectivity index (χ2n) is 9.86. The molecule has 3 aromatic rings. The van der Waals surface area contributed by atoms with E-state index in [9.17, 15) is 14.4 Å². The van der Waals surface area contributed by atoms with E-state index in [1.807, 2.05) is 30.3 Å². The minimum absolute atomic E-state index is 0.0211. The van der Waals surface area contributed by atoms with E-state index in [1.165, 1.54) is 34.5 Å². The van der Waals surface area contributed by atoms with E-state index in [4.69, 9.17) is 39.7 Å². The molecule has 1 N–H and O–H groups in total. The fraction of sp³-hybridized carbons (Fsp3) is 0.367. The molecule has 1 amide bonds. The number of ether oxygens (including phenoxy) is 5. The molecule has 2 aliphatic rings. The molecule has 1 spiro atoms. The van der Waals surface area contributed by atoms with Gasteiger partial charge < -0.3 is 33.4 Å². The Bertz CT molecular complexity index is 1510. The van der Waals surface area contributed by atoms with E-state index in [2.05, 4.69) is 5.32 Å². The van der Waals surface area contributed by atoms with E-state index >= 15 is 0 Å². The molecule has 0 unspecified atom stereocenters. The molecule has 0 saturated carbocycles. The lowest BCUT2D eigenvalue weighted by molar-refractivity contribution is -0.126. The average molecular weight is 584 g/mol. The summed E-state index contributed by atoms with van der Waals surface area (Å²) in [5.74, 6) is -1.01. The van der Waals surface area contributed by atoms with Crippen LogP contribution < -0.4 is 19.5 Å². The standard InChI is InChI=1S/C30H30ClNO9/c1-15-11-19-23(28(34)30(15)29(35)24-18(36-2)13-20(37-3)25(31)27(24)41-30)17(12-21(33)32-14-22(38-4)39-5)26(40-19)16-9-7-6-8-10-16/h6-10,13,15,22H,11-12,14H2,1-5H3,(H,32,33)/t15-,30+/m1/s1. The number of Topliss-reactive ketones (excluding diaryl/α,β-unsaturated/α-hetero) is 2. The molecule has 1 aliphatic heterocycles. The summed E-state index contributed by atoms with van der Waals surface area (Å²) >= 11 is 6.55. The van der Waals surface area contributed by atoms with Gasteiger partial charge in [0.25, 0.3) is 0 Å². The molecular formula is C30H30ClNO9. The molecular weight excluding hydrogens is 554 g/mol. The molecule has 5 rings (SSSR count). The predicted molar refractivity (Wildman–Crippen MR) is 148 cm³/mol. The minimum atomic E-state index is -1.93. The van der Waals surface area contributed by atoms with Crippen LogP contribution in [-0.4, -0.2) is 64.3 Å².